The van der Waals surface area contributed by atoms with Crippen molar-refractivity contribution in [1.82, 2.24) is 10.6 Å². The van der Waals surface area contributed by atoms with Gasteiger partial charge >= 0.3 is 0 Å². The smallest absolute Gasteiger partial charge is 0.257 e. The quantitative estimate of drug-likeness (QED) is 0.831. The summed E-state index contributed by atoms with van der Waals surface area (Å²) in [6.07, 6.45) is 0. The summed E-state index contributed by atoms with van der Waals surface area (Å²) in [6.45, 7) is 4.90. The molecule has 0 fully saturated rings. The monoisotopic (exact) mass is 270 g/mol. The van der Waals surface area contributed by atoms with Crippen LogP contribution in [0.25, 0.3) is 0 Å². The third kappa shape index (κ3) is 4.94. The molecule has 1 amide bonds. The summed E-state index contributed by atoms with van der Waals surface area (Å²) in [5, 5.41) is 6.30. The molecule has 0 aliphatic carbocycles. The summed E-state index contributed by atoms with van der Waals surface area (Å²) in [6, 6.07) is 5.98. The van der Waals surface area contributed by atoms with Crippen LogP contribution < -0.4 is 15.4 Å². The number of amides is 1. The lowest BCUT2D eigenvalue weighted by molar-refractivity contribution is -0.122. The molecule has 100 valence electrons. The number of carbonyl (C=O) groups is 1. The molecule has 2 N–H and O–H groups in total. The minimum atomic E-state index is -0.184. The standard InChI is InChI=1S/C13H19ClN2O2/c1-9(2)16-7-10-4-5-12(11(14)6-10)18-8-13(17)15-3/h4-6,9,16H,7-8H2,1-3H3,(H,15,17). The molecule has 1 rings (SSSR count). The van der Waals surface area contributed by atoms with E-state index in [0.717, 1.165) is 12.1 Å². The van der Waals surface area contributed by atoms with Gasteiger partial charge in [0, 0.05) is 19.6 Å². The summed E-state index contributed by atoms with van der Waals surface area (Å²) < 4.78 is 5.31. The van der Waals surface area contributed by atoms with Crippen molar-refractivity contribution in [3.8, 4) is 5.75 Å². The number of hydrogen-bond donors (Lipinski definition) is 2. The van der Waals surface area contributed by atoms with Gasteiger partial charge in [-0.1, -0.05) is 31.5 Å². The number of likely N-dealkylation sites (N-methyl/N-ethyl adjacent to an activating group) is 1. The SMILES string of the molecule is CNC(=O)COc1ccc(CNC(C)C)cc1Cl. The Morgan fingerprint density at radius 1 is 1.44 bits per heavy atom. The molecule has 0 aromatic heterocycles. The van der Waals surface area contributed by atoms with Gasteiger partial charge in [0.05, 0.1) is 5.02 Å². The first kappa shape index (κ1) is 14.8. The maximum atomic E-state index is 11.1. The van der Waals surface area contributed by atoms with Gasteiger partial charge in [-0.15, -0.1) is 0 Å². The zero-order chi connectivity index (χ0) is 13.5. The number of hydrogen-bond acceptors (Lipinski definition) is 3. The highest BCUT2D eigenvalue weighted by Gasteiger charge is 2.06. The zero-order valence-electron chi connectivity index (χ0n) is 10.9. The number of nitrogens with one attached hydrogen (secondary N) is 2. The van der Waals surface area contributed by atoms with E-state index in [9.17, 15) is 4.79 Å². The van der Waals surface area contributed by atoms with E-state index < -0.39 is 0 Å². The van der Waals surface area contributed by atoms with Crippen LogP contribution in [0, 0.1) is 0 Å². The third-order valence-corrected chi connectivity index (χ3v) is 2.64. The minimum absolute atomic E-state index is 0.0280. The van der Waals surface area contributed by atoms with E-state index in [0.29, 0.717) is 16.8 Å². The Morgan fingerprint density at radius 2 is 2.17 bits per heavy atom. The fraction of sp³-hybridized carbons (Fsp3) is 0.462. The Kier molecular flexibility index (Phi) is 5.95. The van der Waals surface area contributed by atoms with Crippen molar-refractivity contribution in [3.63, 3.8) is 0 Å². The van der Waals surface area contributed by atoms with Crippen molar-refractivity contribution in [1.29, 1.82) is 0 Å². The van der Waals surface area contributed by atoms with Crippen LogP contribution in [0.3, 0.4) is 0 Å². The van der Waals surface area contributed by atoms with Gasteiger partial charge in [-0.2, -0.15) is 0 Å². The Bertz CT molecular complexity index is 408. The van der Waals surface area contributed by atoms with Gasteiger partial charge in [0.1, 0.15) is 5.75 Å². The molecule has 0 aliphatic heterocycles. The van der Waals surface area contributed by atoms with Crippen molar-refractivity contribution in [2.24, 2.45) is 0 Å². The summed E-state index contributed by atoms with van der Waals surface area (Å²) in [5.41, 5.74) is 1.08. The van der Waals surface area contributed by atoms with Crippen molar-refractivity contribution in [2.75, 3.05) is 13.7 Å². The fourth-order valence-electron chi connectivity index (χ4n) is 1.31. The van der Waals surface area contributed by atoms with Crippen LogP contribution in [0.4, 0.5) is 0 Å². The van der Waals surface area contributed by atoms with E-state index in [-0.39, 0.29) is 12.5 Å². The molecular formula is C13H19ClN2O2. The second kappa shape index (κ2) is 7.24. The second-order valence-electron chi connectivity index (χ2n) is 4.26. The lowest BCUT2D eigenvalue weighted by atomic mass is 10.2. The third-order valence-electron chi connectivity index (χ3n) is 2.35. The van der Waals surface area contributed by atoms with Crippen molar-refractivity contribution in [3.05, 3.63) is 28.8 Å². The van der Waals surface area contributed by atoms with Crippen LogP contribution in [-0.2, 0) is 11.3 Å². The highest BCUT2D eigenvalue weighted by Crippen LogP contribution is 2.25. The Balaban J connectivity index is 2.59. The second-order valence-corrected chi connectivity index (χ2v) is 4.67. The van der Waals surface area contributed by atoms with E-state index in [2.05, 4.69) is 24.5 Å². The molecule has 0 radical (unpaired) electrons. The fourth-order valence-corrected chi connectivity index (χ4v) is 1.57. The summed E-state index contributed by atoms with van der Waals surface area (Å²) >= 11 is 6.09. The molecular weight excluding hydrogens is 252 g/mol. The number of halogens is 1. The molecule has 0 aliphatic rings. The molecule has 0 atom stereocenters. The molecule has 0 heterocycles. The first-order valence-corrected chi connectivity index (χ1v) is 6.26. The molecule has 0 unspecified atom stereocenters. The van der Waals surface area contributed by atoms with Gasteiger partial charge in [0.15, 0.2) is 6.61 Å². The Morgan fingerprint density at radius 3 is 2.72 bits per heavy atom. The van der Waals surface area contributed by atoms with Gasteiger partial charge < -0.3 is 15.4 Å². The molecule has 0 saturated heterocycles. The van der Waals surface area contributed by atoms with Crippen molar-refractivity contribution >= 4 is 17.5 Å². The van der Waals surface area contributed by atoms with Gasteiger partial charge in [-0.05, 0) is 17.7 Å². The lowest BCUT2D eigenvalue weighted by Crippen LogP contribution is -2.25. The predicted molar refractivity (Wildman–Crippen MR) is 73.0 cm³/mol. The van der Waals surface area contributed by atoms with E-state index >= 15 is 0 Å². The average molecular weight is 271 g/mol. The average Bonchev–Trinajstić information content (AvgIpc) is 2.34. The van der Waals surface area contributed by atoms with Gasteiger partial charge in [0.2, 0.25) is 0 Å². The summed E-state index contributed by atoms with van der Waals surface area (Å²) in [7, 11) is 1.56. The normalized spacial score (nSPS) is 10.5. The van der Waals surface area contributed by atoms with E-state index in [4.69, 9.17) is 16.3 Å². The number of ether oxygens (including phenoxy) is 1. The van der Waals surface area contributed by atoms with Crippen molar-refractivity contribution < 1.29 is 9.53 Å². The lowest BCUT2D eigenvalue weighted by Gasteiger charge is -2.11. The molecule has 1 aromatic carbocycles. The van der Waals surface area contributed by atoms with Crippen LogP contribution >= 0.6 is 11.6 Å². The van der Waals surface area contributed by atoms with Crippen molar-refractivity contribution in [2.45, 2.75) is 26.4 Å². The highest BCUT2D eigenvalue weighted by molar-refractivity contribution is 6.32. The Labute approximate surface area is 113 Å². The molecule has 0 saturated carbocycles. The number of benzene rings is 1. The number of carbonyl (C=O) groups excluding carboxylic acids is 1. The van der Waals surface area contributed by atoms with Gasteiger partial charge in [0.25, 0.3) is 5.91 Å². The summed E-state index contributed by atoms with van der Waals surface area (Å²) in [5.74, 6) is 0.338. The molecule has 5 heteroatoms. The topological polar surface area (TPSA) is 50.4 Å². The maximum Gasteiger partial charge on any atom is 0.257 e. The minimum Gasteiger partial charge on any atom is -0.482 e. The molecule has 4 nitrogen and oxygen atoms in total. The first-order valence-electron chi connectivity index (χ1n) is 5.88. The molecule has 0 spiro atoms. The van der Waals surface area contributed by atoms with E-state index in [1.165, 1.54) is 0 Å². The summed E-state index contributed by atoms with van der Waals surface area (Å²) in [4.78, 5) is 11.1. The van der Waals surface area contributed by atoms with Crippen LogP contribution in [-0.4, -0.2) is 25.6 Å². The molecule has 0 bridgehead atoms. The zero-order valence-corrected chi connectivity index (χ0v) is 11.7. The Hall–Kier alpha value is -1.26. The van der Waals surface area contributed by atoms with Gasteiger partial charge in [-0.25, -0.2) is 0 Å². The van der Waals surface area contributed by atoms with E-state index in [1.54, 1.807) is 13.1 Å². The molecule has 18 heavy (non-hydrogen) atoms. The van der Waals surface area contributed by atoms with Gasteiger partial charge in [-0.3, -0.25) is 4.79 Å². The van der Waals surface area contributed by atoms with Crippen LogP contribution in [0.2, 0.25) is 5.02 Å². The number of rotatable bonds is 6. The predicted octanol–water partition coefficient (Wildman–Crippen LogP) is 1.96. The first-order chi connectivity index (χ1) is 8.52. The largest absolute Gasteiger partial charge is 0.482 e. The highest BCUT2D eigenvalue weighted by atomic mass is 35.5. The van der Waals surface area contributed by atoms with Crippen LogP contribution in [0.1, 0.15) is 19.4 Å². The van der Waals surface area contributed by atoms with Crippen LogP contribution in [0.15, 0.2) is 18.2 Å². The van der Waals surface area contributed by atoms with Crippen LogP contribution in [0.5, 0.6) is 5.75 Å². The molecule has 1 aromatic rings. The maximum absolute atomic E-state index is 11.1. The van der Waals surface area contributed by atoms with E-state index in [1.807, 2.05) is 12.1 Å².